The van der Waals surface area contributed by atoms with E-state index >= 15 is 0 Å². The molecule has 1 aromatic carbocycles. The standard InChI is InChI=1S/C18H25FN2O3/c1-12-5-6-14(11-15(12)19)20-16(22)13-7-9-21(10-8-13)17(23)24-18(2,3)4/h5-6,11,13H,7-10H2,1-4H3,(H,20,22). The van der Waals surface area contributed by atoms with Crippen molar-refractivity contribution in [1.29, 1.82) is 0 Å². The molecule has 24 heavy (non-hydrogen) atoms. The molecule has 0 radical (unpaired) electrons. The van der Waals surface area contributed by atoms with Crippen LogP contribution in [0.3, 0.4) is 0 Å². The first-order chi connectivity index (χ1) is 11.2. The maximum atomic E-state index is 13.5. The summed E-state index contributed by atoms with van der Waals surface area (Å²) >= 11 is 0. The molecule has 6 heteroatoms. The number of aryl methyl sites for hydroxylation is 1. The van der Waals surface area contributed by atoms with Gasteiger partial charge in [0.15, 0.2) is 0 Å². The zero-order valence-electron chi connectivity index (χ0n) is 14.7. The van der Waals surface area contributed by atoms with Crippen LogP contribution in [0.1, 0.15) is 39.2 Å². The van der Waals surface area contributed by atoms with E-state index < -0.39 is 5.60 Å². The average molecular weight is 336 g/mol. The summed E-state index contributed by atoms with van der Waals surface area (Å²) in [5, 5.41) is 2.75. The lowest BCUT2D eigenvalue weighted by Gasteiger charge is -2.32. The molecule has 1 aliphatic heterocycles. The number of carbonyl (C=O) groups is 2. The van der Waals surface area contributed by atoms with Crippen LogP contribution in [0.2, 0.25) is 0 Å². The number of piperidine rings is 1. The number of amides is 2. The van der Waals surface area contributed by atoms with Gasteiger partial charge in [-0.3, -0.25) is 4.79 Å². The number of halogens is 1. The summed E-state index contributed by atoms with van der Waals surface area (Å²) < 4.78 is 18.9. The topological polar surface area (TPSA) is 58.6 Å². The van der Waals surface area contributed by atoms with Crippen LogP contribution in [0, 0.1) is 18.7 Å². The van der Waals surface area contributed by atoms with Crippen LogP contribution in [0.4, 0.5) is 14.9 Å². The molecule has 0 saturated carbocycles. The first-order valence-electron chi connectivity index (χ1n) is 8.20. The number of hydrogen-bond acceptors (Lipinski definition) is 3. The number of anilines is 1. The van der Waals surface area contributed by atoms with E-state index in [2.05, 4.69) is 5.32 Å². The molecule has 1 aliphatic rings. The second kappa shape index (κ2) is 7.20. The molecule has 0 bridgehead atoms. The number of rotatable bonds is 2. The Labute approximate surface area is 142 Å². The fourth-order valence-corrected chi connectivity index (χ4v) is 2.57. The number of nitrogens with zero attached hydrogens (tertiary/aromatic N) is 1. The minimum Gasteiger partial charge on any atom is -0.444 e. The highest BCUT2D eigenvalue weighted by Gasteiger charge is 2.29. The van der Waals surface area contributed by atoms with Gasteiger partial charge in [0.05, 0.1) is 0 Å². The molecule has 0 unspecified atom stereocenters. The van der Waals surface area contributed by atoms with Gasteiger partial charge in [-0.2, -0.15) is 0 Å². The van der Waals surface area contributed by atoms with E-state index in [1.165, 1.54) is 6.07 Å². The summed E-state index contributed by atoms with van der Waals surface area (Å²) in [4.78, 5) is 25.9. The molecule has 0 aromatic heterocycles. The molecule has 2 rings (SSSR count). The predicted octanol–water partition coefficient (Wildman–Crippen LogP) is 3.72. The first kappa shape index (κ1) is 18.2. The van der Waals surface area contributed by atoms with Gasteiger partial charge in [0.2, 0.25) is 5.91 Å². The second-order valence-corrected chi connectivity index (χ2v) is 7.19. The van der Waals surface area contributed by atoms with E-state index in [0.717, 1.165) is 0 Å². The van der Waals surface area contributed by atoms with E-state index in [4.69, 9.17) is 4.74 Å². The Bertz CT molecular complexity index is 617. The van der Waals surface area contributed by atoms with Crippen molar-refractivity contribution in [1.82, 2.24) is 4.90 Å². The summed E-state index contributed by atoms with van der Waals surface area (Å²) in [7, 11) is 0. The Hall–Kier alpha value is -2.11. The van der Waals surface area contributed by atoms with Crippen molar-refractivity contribution in [2.45, 2.75) is 46.1 Å². The van der Waals surface area contributed by atoms with E-state index in [1.807, 2.05) is 20.8 Å². The highest BCUT2D eigenvalue weighted by atomic mass is 19.1. The van der Waals surface area contributed by atoms with Gasteiger partial charge in [-0.1, -0.05) is 6.07 Å². The quantitative estimate of drug-likeness (QED) is 0.895. The maximum absolute atomic E-state index is 13.5. The Morgan fingerprint density at radius 1 is 1.25 bits per heavy atom. The van der Waals surface area contributed by atoms with Crippen LogP contribution < -0.4 is 5.32 Å². The fraction of sp³-hybridized carbons (Fsp3) is 0.556. The largest absolute Gasteiger partial charge is 0.444 e. The molecule has 1 heterocycles. The van der Waals surface area contributed by atoms with E-state index in [1.54, 1.807) is 24.0 Å². The molecular formula is C18H25FN2O3. The molecule has 1 aromatic rings. The molecule has 132 valence electrons. The monoisotopic (exact) mass is 336 g/mol. The molecule has 0 atom stereocenters. The van der Waals surface area contributed by atoms with Gasteiger partial charge >= 0.3 is 6.09 Å². The minimum absolute atomic E-state index is 0.137. The average Bonchev–Trinajstić information content (AvgIpc) is 2.49. The normalized spacial score (nSPS) is 16.0. The van der Waals surface area contributed by atoms with Crippen molar-refractivity contribution < 1.29 is 18.7 Å². The third-order valence-electron chi connectivity index (χ3n) is 3.96. The lowest BCUT2D eigenvalue weighted by Crippen LogP contribution is -2.43. The summed E-state index contributed by atoms with van der Waals surface area (Å²) in [6.07, 6.45) is 0.792. The number of nitrogens with one attached hydrogen (secondary N) is 1. The van der Waals surface area contributed by atoms with Crippen LogP contribution in [0.15, 0.2) is 18.2 Å². The molecule has 1 N–H and O–H groups in total. The highest BCUT2D eigenvalue weighted by molar-refractivity contribution is 5.92. The molecule has 1 saturated heterocycles. The van der Waals surface area contributed by atoms with Gasteiger partial charge in [-0.05, 0) is 58.2 Å². The van der Waals surface area contributed by atoms with Gasteiger partial charge in [0, 0.05) is 24.7 Å². The zero-order valence-corrected chi connectivity index (χ0v) is 14.7. The van der Waals surface area contributed by atoms with Crippen LogP contribution in [-0.2, 0) is 9.53 Å². The van der Waals surface area contributed by atoms with Crippen LogP contribution in [0.25, 0.3) is 0 Å². The minimum atomic E-state index is -0.527. The molecule has 0 aliphatic carbocycles. The van der Waals surface area contributed by atoms with Gasteiger partial charge in [-0.15, -0.1) is 0 Å². The van der Waals surface area contributed by atoms with E-state index in [9.17, 15) is 14.0 Å². The number of hydrogen-bond donors (Lipinski definition) is 1. The fourth-order valence-electron chi connectivity index (χ4n) is 2.57. The third-order valence-corrected chi connectivity index (χ3v) is 3.96. The Morgan fingerprint density at radius 2 is 1.88 bits per heavy atom. The van der Waals surface area contributed by atoms with E-state index in [0.29, 0.717) is 37.2 Å². The van der Waals surface area contributed by atoms with Crippen molar-refractivity contribution in [2.75, 3.05) is 18.4 Å². The Balaban J connectivity index is 1.86. The Morgan fingerprint density at radius 3 is 2.42 bits per heavy atom. The SMILES string of the molecule is Cc1ccc(NC(=O)C2CCN(C(=O)OC(C)(C)C)CC2)cc1F. The van der Waals surface area contributed by atoms with Crippen molar-refractivity contribution in [3.8, 4) is 0 Å². The smallest absolute Gasteiger partial charge is 0.410 e. The summed E-state index contributed by atoms with van der Waals surface area (Å²) in [6, 6.07) is 4.64. The highest BCUT2D eigenvalue weighted by Crippen LogP contribution is 2.22. The summed E-state index contributed by atoms with van der Waals surface area (Å²) in [5.74, 6) is -0.664. The number of carbonyl (C=O) groups excluding carboxylic acids is 2. The van der Waals surface area contributed by atoms with Gasteiger partial charge in [0.1, 0.15) is 11.4 Å². The van der Waals surface area contributed by atoms with Crippen LogP contribution in [0.5, 0.6) is 0 Å². The number of ether oxygens (including phenoxy) is 1. The van der Waals surface area contributed by atoms with Gasteiger partial charge in [-0.25, -0.2) is 9.18 Å². The number of likely N-dealkylation sites (tertiary alicyclic amines) is 1. The van der Waals surface area contributed by atoms with Crippen molar-refractivity contribution >= 4 is 17.7 Å². The van der Waals surface area contributed by atoms with Gasteiger partial charge < -0.3 is 15.0 Å². The first-order valence-corrected chi connectivity index (χ1v) is 8.20. The maximum Gasteiger partial charge on any atom is 0.410 e. The second-order valence-electron chi connectivity index (χ2n) is 7.19. The summed E-state index contributed by atoms with van der Waals surface area (Å²) in [5.41, 5.74) is 0.470. The van der Waals surface area contributed by atoms with Crippen LogP contribution in [-0.4, -0.2) is 35.6 Å². The number of benzene rings is 1. The predicted molar refractivity (Wildman–Crippen MR) is 90.3 cm³/mol. The van der Waals surface area contributed by atoms with Crippen LogP contribution >= 0.6 is 0 Å². The van der Waals surface area contributed by atoms with Crippen molar-refractivity contribution in [3.05, 3.63) is 29.6 Å². The molecule has 0 spiro atoms. The van der Waals surface area contributed by atoms with E-state index in [-0.39, 0.29) is 23.7 Å². The summed E-state index contributed by atoms with van der Waals surface area (Å²) in [6.45, 7) is 8.11. The van der Waals surface area contributed by atoms with Crippen molar-refractivity contribution in [3.63, 3.8) is 0 Å². The molecule has 5 nitrogen and oxygen atoms in total. The van der Waals surface area contributed by atoms with Gasteiger partial charge in [0.25, 0.3) is 0 Å². The lowest BCUT2D eigenvalue weighted by molar-refractivity contribution is -0.121. The zero-order chi connectivity index (χ0) is 17.9. The third kappa shape index (κ3) is 4.94. The molecule has 2 amide bonds. The molecule has 1 fully saturated rings. The van der Waals surface area contributed by atoms with Crippen molar-refractivity contribution in [2.24, 2.45) is 5.92 Å². The Kier molecular flexibility index (Phi) is 5.47. The lowest BCUT2D eigenvalue weighted by atomic mass is 9.96. The molecular weight excluding hydrogens is 311 g/mol.